The van der Waals surface area contributed by atoms with Gasteiger partial charge in [-0.3, -0.25) is 4.90 Å². The Morgan fingerprint density at radius 3 is 2.90 bits per heavy atom. The lowest BCUT2D eigenvalue weighted by Gasteiger charge is -2.37. The molecule has 0 aromatic carbocycles. The maximum Gasteiger partial charge on any atom is 0.138 e. The van der Waals surface area contributed by atoms with Gasteiger partial charge in [0, 0.05) is 25.7 Å². The monoisotopic (exact) mass is 306 g/mol. The molecular formula is C15H22N4OS. The van der Waals surface area contributed by atoms with Crippen molar-refractivity contribution in [1.29, 1.82) is 0 Å². The minimum absolute atomic E-state index is 0.498. The Morgan fingerprint density at radius 1 is 1.33 bits per heavy atom. The van der Waals surface area contributed by atoms with E-state index in [0.29, 0.717) is 12.0 Å². The molecule has 3 heterocycles. The molecule has 3 rings (SSSR count). The average Bonchev–Trinajstić information content (AvgIpc) is 2.97. The molecule has 2 aromatic heterocycles. The highest BCUT2D eigenvalue weighted by molar-refractivity contribution is 7.16. The highest BCUT2D eigenvalue weighted by atomic mass is 32.1. The van der Waals surface area contributed by atoms with E-state index in [1.807, 2.05) is 0 Å². The van der Waals surface area contributed by atoms with Crippen molar-refractivity contribution in [3.8, 4) is 0 Å². The van der Waals surface area contributed by atoms with Gasteiger partial charge < -0.3 is 10.1 Å². The molecule has 1 saturated heterocycles. The van der Waals surface area contributed by atoms with Gasteiger partial charge in [-0.05, 0) is 17.4 Å². The van der Waals surface area contributed by atoms with Crippen LogP contribution >= 0.6 is 11.3 Å². The van der Waals surface area contributed by atoms with Gasteiger partial charge >= 0.3 is 0 Å². The van der Waals surface area contributed by atoms with Crippen molar-refractivity contribution in [3.63, 3.8) is 0 Å². The van der Waals surface area contributed by atoms with E-state index >= 15 is 0 Å². The summed E-state index contributed by atoms with van der Waals surface area (Å²) in [4.78, 5) is 12.3. The minimum Gasteiger partial charge on any atom is -0.379 e. The summed E-state index contributed by atoms with van der Waals surface area (Å²) in [5.74, 6) is 1.54. The number of hydrogen-bond acceptors (Lipinski definition) is 6. The molecule has 0 radical (unpaired) electrons. The lowest BCUT2D eigenvalue weighted by atomic mass is 10.0. The summed E-state index contributed by atoms with van der Waals surface area (Å²) < 4.78 is 5.46. The van der Waals surface area contributed by atoms with Crippen molar-refractivity contribution in [1.82, 2.24) is 14.9 Å². The summed E-state index contributed by atoms with van der Waals surface area (Å²) in [7, 11) is 0. The number of thiophene rings is 1. The summed E-state index contributed by atoms with van der Waals surface area (Å²) in [6, 6.07) is 2.58. The maximum absolute atomic E-state index is 5.46. The van der Waals surface area contributed by atoms with E-state index in [2.05, 4.69) is 45.5 Å². The van der Waals surface area contributed by atoms with Crippen LogP contribution in [0.1, 0.15) is 13.8 Å². The zero-order valence-corrected chi connectivity index (χ0v) is 13.4. The number of rotatable bonds is 5. The zero-order chi connectivity index (χ0) is 14.7. The predicted octanol–water partition coefficient (Wildman–Crippen LogP) is 2.46. The molecule has 2 aromatic rings. The number of fused-ring (bicyclic) bond motifs is 1. The average molecular weight is 306 g/mol. The molecule has 0 bridgehead atoms. The van der Waals surface area contributed by atoms with Gasteiger partial charge in [0.2, 0.25) is 0 Å². The summed E-state index contributed by atoms with van der Waals surface area (Å²) in [6.07, 6.45) is 1.64. The number of ether oxygens (including phenoxy) is 1. The molecule has 1 atom stereocenters. The zero-order valence-electron chi connectivity index (χ0n) is 12.6. The van der Waals surface area contributed by atoms with Crippen LogP contribution in [-0.2, 0) is 4.74 Å². The quantitative estimate of drug-likeness (QED) is 0.919. The molecular weight excluding hydrogens is 284 g/mol. The molecule has 6 heteroatoms. The summed E-state index contributed by atoms with van der Waals surface area (Å²) >= 11 is 1.65. The molecule has 1 aliphatic heterocycles. The largest absolute Gasteiger partial charge is 0.379 e. The Bertz CT molecular complexity index is 580. The number of nitrogens with one attached hydrogen (secondary N) is 1. The fraction of sp³-hybridized carbons (Fsp3) is 0.600. The number of hydrogen-bond donors (Lipinski definition) is 1. The first-order chi connectivity index (χ1) is 10.3. The molecule has 1 aliphatic rings. The van der Waals surface area contributed by atoms with E-state index in [9.17, 15) is 0 Å². The van der Waals surface area contributed by atoms with E-state index in [-0.39, 0.29) is 0 Å². The van der Waals surface area contributed by atoms with Crippen LogP contribution in [0.4, 0.5) is 5.82 Å². The Balaban J connectivity index is 1.70. The standard InChI is InChI=1S/C15H22N4OS/c1-11(2)13(19-4-6-20-7-5-19)9-16-14-12-3-8-21-15(12)18-10-17-14/h3,8,10-11,13H,4-7,9H2,1-2H3,(H,16,17,18). The Labute approximate surface area is 129 Å². The number of anilines is 1. The van der Waals surface area contributed by atoms with Gasteiger partial charge in [-0.25, -0.2) is 9.97 Å². The van der Waals surface area contributed by atoms with Crippen molar-refractivity contribution >= 4 is 27.4 Å². The third-order valence-electron chi connectivity index (χ3n) is 4.02. The number of aromatic nitrogens is 2. The Morgan fingerprint density at radius 2 is 2.14 bits per heavy atom. The second kappa shape index (κ2) is 6.68. The molecule has 0 amide bonds. The lowest BCUT2D eigenvalue weighted by Crippen LogP contribution is -2.49. The minimum atomic E-state index is 0.498. The van der Waals surface area contributed by atoms with Crippen molar-refractivity contribution in [2.75, 3.05) is 38.2 Å². The van der Waals surface area contributed by atoms with Crippen LogP contribution in [0, 0.1) is 5.92 Å². The smallest absolute Gasteiger partial charge is 0.138 e. The van der Waals surface area contributed by atoms with Crippen LogP contribution in [0.3, 0.4) is 0 Å². The maximum atomic E-state index is 5.46. The van der Waals surface area contributed by atoms with E-state index in [4.69, 9.17) is 4.74 Å². The highest BCUT2D eigenvalue weighted by Gasteiger charge is 2.23. The summed E-state index contributed by atoms with van der Waals surface area (Å²) in [5.41, 5.74) is 0. The van der Waals surface area contributed by atoms with E-state index < -0.39 is 0 Å². The molecule has 1 fully saturated rings. The van der Waals surface area contributed by atoms with Crippen LogP contribution in [0.2, 0.25) is 0 Å². The van der Waals surface area contributed by atoms with Crippen LogP contribution < -0.4 is 5.32 Å². The second-order valence-electron chi connectivity index (χ2n) is 5.70. The Hall–Kier alpha value is -1.24. The third-order valence-corrected chi connectivity index (χ3v) is 4.85. The van der Waals surface area contributed by atoms with Gasteiger partial charge in [0.25, 0.3) is 0 Å². The second-order valence-corrected chi connectivity index (χ2v) is 6.60. The first-order valence-corrected chi connectivity index (χ1v) is 8.37. The van der Waals surface area contributed by atoms with Gasteiger partial charge in [-0.15, -0.1) is 11.3 Å². The molecule has 0 saturated carbocycles. The van der Waals surface area contributed by atoms with Crippen LogP contribution in [0.5, 0.6) is 0 Å². The van der Waals surface area contributed by atoms with Crippen LogP contribution in [0.25, 0.3) is 10.2 Å². The van der Waals surface area contributed by atoms with Gasteiger partial charge in [0.05, 0.1) is 18.6 Å². The molecule has 1 N–H and O–H groups in total. The molecule has 5 nitrogen and oxygen atoms in total. The van der Waals surface area contributed by atoms with Crippen LogP contribution in [-0.4, -0.2) is 53.8 Å². The summed E-state index contributed by atoms with van der Waals surface area (Å²) in [5, 5.41) is 6.71. The lowest BCUT2D eigenvalue weighted by molar-refractivity contribution is 0.00954. The normalized spacial score (nSPS) is 18.2. The molecule has 114 valence electrons. The van der Waals surface area contributed by atoms with Gasteiger partial charge in [-0.2, -0.15) is 0 Å². The number of morpholine rings is 1. The Kier molecular flexibility index (Phi) is 4.67. The highest BCUT2D eigenvalue weighted by Crippen LogP contribution is 2.24. The topological polar surface area (TPSA) is 50.3 Å². The summed E-state index contributed by atoms with van der Waals surface area (Å²) in [6.45, 7) is 9.17. The molecule has 0 aliphatic carbocycles. The van der Waals surface area contributed by atoms with Crippen molar-refractivity contribution in [2.24, 2.45) is 5.92 Å². The van der Waals surface area contributed by atoms with Crippen molar-refractivity contribution in [3.05, 3.63) is 17.8 Å². The van der Waals surface area contributed by atoms with Crippen LogP contribution in [0.15, 0.2) is 17.8 Å². The fourth-order valence-electron chi connectivity index (χ4n) is 2.83. The van der Waals surface area contributed by atoms with Gasteiger partial charge in [-0.1, -0.05) is 13.8 Å². The first-order valence-electron chi connectivity index (χ1n) is 7.49. The van der Waals surface area contributed by atoms with Gasteiger partial charge in [0.15, 0.2) is 0 Å². The van der Waals surface area contributed by atoms with Gasteiger partial charge in [0.1, 0.15) is 17.0 Å². The van der Waals surface area contributed by atoms with Crippen molar-refractivity contribution < 1.29 is 4.74 Å². The van der Waals surface area contributed by atoms with E-state index in [1.165, 1.54) is 0 Å². The van der Waals surface area contributed by atoms with Crippen molar-refractivity contribution in [2.45, 2.75) is 19.9 Å². The predicted molar refractivity (Wildman–Crippen MR) is 86.9 cm³/mol. The first kappa shape index (κ1) is 14.7. The molecule has 21 heavy (non-hydrogen) atoms. The van der Waals surface area contributed by atoms with E-state index in [1.54, 1.807) is 17.7 Å². The molecule has 0 spiro atoms. The van der Waals surface area contributed by atoms with E-state index in [0.717, 1.165) is 48.9 Å². The third kappa shape index (κ3) is 3.33. The SMILES string of the molecule is CC(C)C(CNc1ncnc2sccc12)N1CCOCC1. The fourth-order valence-corrected chi connectivity index (χ4v) is 3.56. The number of nitrogens with zero attached hydrogens (tertiary/aromatic N) is 3. The molecule has 1 unspecified atom stereocenters.